The van der Waals surface area contributed by atoms with Crippen LogP contribution >= 0.6 is 0 Å². The van der Waals surface area contributed by atoms with Crippen molar-refractivity contribution in [3.05, 3.63) is 84.2 Å². The van der Waals surface area contributed by atoms with Crippen molar-refractivity contribution >= 4 is 28.3 Å². The second-order valence-electron chi connectivity index (χ2n) is 7.76. The van der Waals surface area contributed by atoms with Crippen molar-refractivity contribution in [1.82, 2.24) is 19.6 Å². The number of aryl methyl sites for hydroxylation is 2. The minimum Gasteiger partial charge on any atom is -0.483 e. The number of amides is 1. The lowest BCUT2D eigenvalue weighted by molar-refractivity contribution is -0.118. The van der Waals surface area contributed by atoms with Gasteiger partial charge in [-0.2, -0.15) is 0 Å². The van der Waals surface area contributed by atoms with Gasteiger partial charge in [0.2, 0.25) is 5.65 Å². The van der Waals surface area contributed by atoms with Crippen molar-refractivity contribution in [3.8, 4) is 17.4 Å². The summed E-state index contributed by atoms with van der Waals surface area (Å²) in [6.07, 6.45) is 0.733. The lowest BCUT2D eigenvalue weighted by Crippen LogP contribution is -2.20. The number of fused-ring (bicyclic) bond motifs is 3. The molecule has 0 aliphatic rings. The maximum atomic E-state index is 12.3. The third-order valence-corrected chi connectivity index (χ3v) is 5.39. The molecule has 5 rings (SSSR count). The summed E-state index contributed by atoms with van der Waals surface area (Å²) in [7, 11) is 0. The molecule has 0 atom stereocenters. The highest BCUT2D eigenvalue weighted by molar-refractivity contribution is 5.92. The van der Waals surface area contributed by atoms with Gasteiger partial charge in [0.25, 0.3) is 11.8 Å². The summed E-state index contributed by atoms with van der Waals surface area (Å²) in [5.74, 6) is 2.22. The van der Waals surface area contributed by atoms with Gasteiger partial charge in [0.15, 0.2) is 6.61 Å². The smallest absolute Gasteiger partial charge is 0.266 e. The molecule has 0 bridgehead atoms. The van der Waals surface area contributed by atoms with Crippen LogP contribution < -0.4 is 14.8 Å². The standard InChI is InChI=1S/C26H23N5O3/c1-3-23-29-30-25-26(28-20-9-5-6-10-21(20)31(23)25)34-19-14-12-18(13-15-19)27-24(32)16-33-22-11-7-4-8-17(22)2/h4-15H,3,16H2,1-2H3,(H,27,32). The van der Waals surface area contributed by atoms with Crippen molar-refractivity contribution in [3.63, 3.8) is 0 Å². The van der Waals surface area contributed by atoms with Crippen LogP contribution in [0.1, 0.15) is 18.3 Å². The fraction of sp³-hybridized carbons (Fsp3) is 0.154. The van der Waals surface area contributed by atoms with Crippen LogP contribution in [0.5, 0.6) is 17.4 Å². The molecule has 1 amide bonds. The molecule has 34 heavy (non-hydrogen) atoms. The average Bonchev–Trinajstić information content (AvgIpc) is 3.30. The van der Waals surface area contributed by atoms with Crippen LogP contribution in [-0.4, -0.2) is 32.1 Å². The van der Waals surface area contributed by atoms with Crippen LogP contribution in [0.4, 0.5) is 5.69 Å². The van der Waals surface area contributed by atoms with Gasteiger partial charge in [0.1, 0.15) is 17.3 Å². The van der Waals surface area contributed by atoms with E-state index in [4.69, 9.17) is 9.47 Å². The molecule has 170 valence electrons. The fourth-order valence-corrected chi connectivity index (χ4v) is 3.69. The molecular weight excluding hydrogens is 430 g/mol. The number of hydrogen-bond acceptors (Lipinski definition) is 6. The van der Waals surface area contributed by atoms with Gasteiger partial charge >= 0.3 is 0 Å². The molecule has 1 N–H and O–H groups in total. The Morgan fingerprint density at radius 1 is 0.971 bits per heavy atom. The minimum absolute atomic E-state index is 0.0747. The summed E-state index contributed by atoms with van der Waals surface area (Å²) in [4.78, 5) is 16.9. The van der Waals surface area contributed by atoms with Crippen LogP contribution in [0, 0.1) is 6.92 Å². The van der Waals surface area contributed by atoms with E-state index in [0.29, 0.717) is 28.7 Å². The Morgan fingerprint density at radius 3 is 2.53 bits per heavy atom. The quantitative estimate of drug-likeness (QED) is 0.375. The van der Waals surface area contributed by atoms with Crippen molar-refractivity contribution in [2.75, 3.05) is 11.9 Å². The predicted octanol–water partition coefficient (Wildman–Crippen LogP) is 4.96. The Hall–Kier alpha value is -4.46. The first-order valence-electron chi connectivity index (χ1n) is 11.0. The van der Waals surface area contributed by atoms with Crippen molar-refractivity contribution < 1.29 is 14.3 Å². The van der Waals surface area contributed by atoms with Crippen molar-refractivity contribution in [2.45, 2.75) is 20.3 Å². The molecule has 0 spiro atoms. The molecule has 0 saturated carbocycles. The monoisotopic (exact) mass is 453 g/mol. The van der Waals surface area contributed by atoms with Crippen LogP contribution in [0.2, 0.25) is 0 Å². The summed E-state index contributed by atoms with van der Waals surface area (Å²) in [5.41, 5.74) is 3.89. The summed E-state index contributed by atoms with van der Waals surface area (Å²) in [6, 6.07) is 22.4. The van der Waals surface area contributed by atoms with Gasteiger partial charge in [-0.3, -0.25) is 9.20 Å². The van der Waals surface area contributed by atoms with E-state index in [1.54, 1.807) is 24.3 Å². The maximum Gasteiger partial charge on any atom is 0.266 e. The Kier molecular flexibility index (Phi) is 5.78. The average molecular weight is 454 g/mol. The van der Waals surface area contributed by atoms with E-state index in [1.165, 1.54) is 0 Å². The Labute approximate surface area is 196 Å². The topological polar surface area (TPSA) is 90.6 Å². The molecule has 0 aliphatic carbocycles. The highest BCUT2D eigenvalue weighted by Gasteiger charge is 2.16. The molecule has 0 fully saturated rings. The highest BCUT2D eigenvalue weighted by Crippen LogP contribution is 2.28. The molecule has 8 heteroatoms. The number of carbonyl (C=O) groups is 1. The van der Waals surface area contributed by atoms with E-state index in [0.717, 1.165) is 28.8 Å². The van der Waals surface area contributed by atoms with Gasteiger partial charge in [0, 0.05) is 12.1 Å². The Balaban J connectivity index is 1.31. The number of aromatic nitrogens is 4. The van der Waals surface area contributed by atoms with E-state index >= 15 is 0 Å². The second-order valence-corrected chi connectivity index (χ2v) is 7.76. The summed E-state index contributed by atoms with van der Waals surface area (Å²) in [6.45, 7) is 3.90. The number of hydrogen-bond donors (Lipinski definition) is 1. The van der Waals surface area contributed by atoms with Crippen molar-refractivity contribution in [1.29, 1.82) is 0 Å². The summed E-state index contributed by atoms with van der Waals surface area (Å²) >= 11 is 0. The molecule has 2 heterocycles. The molecule has 8 nitrogen and oxygen atoms in total. The number of ether oxygens (including phenoxy) is 2. The van der Waals surface area contributed by atoms with Gasteiger partial charge in [-0.15, -0.1) is 10.2 Å². The Bertz CT molecular complexity index is 1480. The molecule has 0 unspecified atom stereocenters. The summed E-state index contributed by atoms with van der Waals surface area (Å²) < 4.78 is 13.6. The number of benzene rings is 3. The molecule has 0 saturated heterocycles. The highest BCUT2D eigenvalue weighted by atomic mass is 16.5. The SMILES string of the molecule is CCc1nnc2c(Oc3ccc(NC(=O)COc4ccccc4C)cc3)nc3ccccc3n12. The lowest BCUT2D eigenvalue weighted by atomic mass is 10.2. The van der Waals surface area contributed by atoms with Gasteiger partial charge in [-0.1, -0.05) is 37.3 Å². The number of anilines is 1. The van der Waals surface area contributed by atoms with E-state index < -0.39 is 0 Å². The first-order valence-corrected chi connectivity index (χ1v) is 11.0. The molecular formula is C26H23N5O3. The number of rotatable bonds is 7. The van der Waals surface area contributed by atoms with Crippen molar-refractivity contribution in [2.24, 2.45) is 0 Å². The van der Waals surface area contributed by atoms with Crippen LogP contribution in [0.15, 0.2) is 72.8 Å². The van der Waals surface area contributed by atoms with Crippen LogP contribution in [-0.2, 0) is 11.2 Å². The first kappa shape index (κ1) is 21.4. The predicted molar refractivity (Wildman–Crippen MR) is 129 cm³/mol. The zero-order chi connectivity index (χ0) is 23.5. The van der Waals surface area contributed by atoms with Gasteiger partial charge in [0.05, 0.1) is 11.0 Å². The first-order chi connectivity index (χ1) is 16.6. The molecule has 0 aliphatic heterocycles. The number of nitrogens with one attached hydrogen (secondary N) is 1. The van der Waals surface area contributed by atoms with Gasteiger partial charge in [-0.25, -0.2) is 4.98 Å². The Morgan fingerprint density at radius 2 is 1.74 bits per heavy atom. The molecule has 2 aromatic heterocycles. The minimum atomic E-state index is -0.245. The molecule has 0 radical (unpaired) electrons. The number of para-hydroxylation sites is 3. The summed E-state index contributed by atoms with van der Waals surface area (Å²) in [5, 5.41) is 11.4. The third kappa shape index (κ3) is 4.25. The van der Waals surface area contributed by atoms with E-state index in [-0.39, 0.29) is 12.5 Å². The van der Waals surface area contributed by atoms with E-state index in [2.05, 4.69) is 20.5 Å². The normalized spacial score (nSPS) is 11.0. The zero-order valence-electron chi connectivity index (χ0n) is 18.9. The van der Waals surface area contributed by atoms with Crippen LogP contribution in [0.3, 0.4) is 0 Å². The van der Waals surface area contributed by atoms with Gasteiger partial charge < -0.3 is 14.8 Å². The largest absolute Gasteiger partial charge is 0.483 e. The zero-order valence-corrected chi connectivity index (χ0v) is 18.9. The lowest BCUT2D eigenvalue weighted by Gasteiger charge is -2.11. The van der Waals surface area contributed by atoms with Gasteiger partial charge in [-0.05, 0) is 55.0 Å². The maximum absolute atomic E-state index is 12.3. The molecule has 5 aromatic rings. The van der Waals surface area contributed by atoms with E-state index in [1.807, 2.05) is 66.8 Å². The third-order valence-electron chi connectivity index (χ3n) is 5.39. The van der Waals surface area contributed by atoms with E-state index in [9.17, 15) is 4.79 Å². The van der Waals surface area contributed by atoms with Crippen LogP contribution in [0.25, 0.3) is 16.7 Å². The number of nitrogens with zero attached hydrogens (tertiary/aromatic N) is 4. The second kappa shape index (κ2) is 9.19. The molecule has 3 aromatic carbocycles. The number of carbonyl (C=O) groups excluding carboxylic acids is 1. The fourth-order valence-electron chi connectivity index (χ4n) is 3.69.